The summed E-state index contributed by atoms with van der Waals surface area (Å²) in [5, 5.41) is 0. The van der Waals surface area contributed by atoms with Gasteiger partial charge in [-0.3, -0.25) is 14.5 Å². The van der Waals surface area contributed by atoms with Crippen LogP contribution < -0.4 is 0 Å². The Kier molecular flexibility index (Phi) is 4.47. The highest BCUT2D eigenvalue weighted by Gasteiger charge is 2.38. The molecule has 3 nitrogen and oxygen atoms in total. The average Bonchev–Trinajstić information content (AvgIpc) is 2.83. The minimum absolute atomic E-state index is 0.106. The van der Waals surface area contributed by atoms with Crippen LogP contribution in [0, 0.1) is 0 Å². The first-order valence-electron chi connectivity index (χ1n) is 9.71. The van der Waals surface area contributed by atoms with Gasteiger partial charge in [0.15, 0.2) is 0 Å². The topological polar surface area (TPSA) is 37.4 Å². The van der Waals surface area contributed by atoms with Crippen LogP contribution in [0.1, 0.15) is 72.1 Å². The number of benzene rings is 1. The number of hydrogen-bond acceptors (Lipinski definition) is 2. The maximum atomic E-state index is 12.4. The SMILES string of the molecule is O=C1c2ccccc2C(=O)N1CCCCB1[C@H]2CCC[C@@H]1CCC2. The van der Waals surface area contributed by atoms with Gasteiger partial charge in [0.05, 0.1) is 11.1 Å². The monoisotopic (exact) mass is 323 g/mol. The average molecular weight is 323 g/mol. The summed E-state index contributed by atoms with van der Waals surface area (Å²) < 4.78 is 0. The molecule has 3 aliphatic rings. The highest BCUT2D eigenvalue weighted by Crippen LogP contribution is 2.48. The minimum atomic E-state index is -0.106. The number of amides is 2. The van der Waals surface area contributed by atoms with Crippen molar-refractivity contribution in [2.45, 2.75) is 69.3 Å². The van der Waals surface area contributed by atoms with E-state index in [0.29, 0.717) is 17.7 Å². The smallest absolute Gasteiger partial charge is 0.261 e. The lowest BCUT2D eigenvalue weighted by Crippen LogP contribution is -2.35. The van der Waals surface area contributed by atoms with Crippen LogP contribution in [-0.4, -0.2) is 30.0 Å². The van der Waals surface area contributed by atoms with E-state index in [-0.39, 0.29) is 11.8 Å². The van der Waals surface area contributed by atoms with Crippen LogP contribution in [0.25, 0.3) is 0 Å². The number of unbranched alkanes of at least 4 members (excludes halogenated alkanes) is 1. The van der Waals surface area contributed by atoms with Gasteiger partial charge >= 0.3 is 0 Å². The Morgan fingerprint density at radius 1 is 0.875 bits per heavy atom. The molecule has 2 fully saturated rings. The predicted octanol–water partition coefficient (Wildman–Crippen LogP) is 4.67. The van der Waals surface area contributed by atoms with Crippen LogP contribution in [0.15, 0.2) is 24.3 Å². The molecule has 4 heteroatoms. The second-order valence-corrected chi connectivity index (χ2v) is 7.85. The van der Waals surface area contributed by atoms with Crippen LogP contribution in [0.3, 0.4) is 0 Å². The number of rotatable bonds is 5. The quantitative estimate of drug-likeness (QED) is 0.449. The Morgan fingerprint density at radius 3 is 1.96 bits per heavy atom. The van der Waals surface area contributed by atoms with Gasteiger partial charge < -0.3 is 0 Å². The molecule has 0 unspecified atom stereocenters. The van der Waals surface area contributed by atoms with Crippen molar-refractivity contribution >= 4 is 18.5 Å². The summed E-state index contributed by atoms with van der Waals surface area (Å²) in [4.78, 5) is 26.2. The Bertz CT molecular complexity index is 587. The Morgan fingerprint density at radius 2 is 1.42 bits per heavy atom. The zero-order valence-electron chi connectivity index (χ0n) is 14.4. The standard InChI is InChI=1S/C20H26BNO2/c23-19-17-11-1-2-12-18(17)20(24)22(19)14-4-3-13-21-15-7-5-8-16(21)10-6-9-15/h1-2,11-12,15-16H,3-10,13-14H2/t15-,16+. The van der Waals surface area contributed by atoms with E-state index >= 15 is 0 Å². The molecule has 2 bridgehead atoms. The zero-order chi connectivity index (χ0) is 16.5. The molecule has 0 saturated carbocycles. The molecule has 0 spiro atoms. The first kappa shape index (κ1) is 15.9. The molecule has 1 aromatic rings. The van der Waals surface area contributed by atoms with E-state index in [1.165, 1.54) is 49.7 Å². The van der Waals surface area contributed by atoms with Crippen molar-refractivity contribution in [2.75, 3.05) is 6.54 Å². The lowest BCUT2D eigenvalue weighted by molar-refractivity contribution is 0.0652. The van der Waals surface area contributed by atoms with E-state index in [2.05, 4.69) is 0 Å². The maximum Gasteiger partial charge on any atom is 0.261 e. The zero-order valence-corrected chi connectivity index (χ0v) is 14.4. The number of imide groups is 1. The second kappa shape index (κ2) is 6.74. The van der Waals surface area contributed by atoms with Gasteiger partial charge in [-0.15, -0.1) is 0 Å². The Hall–Kier alpha value is -1.58. The van der Waals surface area contributed by atoms with Gasteiger partial charge in [0.1, 0.15) is 6.71 Å². The number of fused-ring (bicyclic) bond motifs is 3. The molecule has 0 aromatic heterocycles. The van der Waals surface area contributed by atoms with E-state index in [0.717, 1.165) is 31.2 Å². The van der Waals surface area contributed by atoms with Crippen LogP contribution in [-0.2, 0) is 0 Å². The molecule has 0 atom stereocenters. The molecule has 1 aromatic carbocycles. The first-order chi connectivity index (χ1) is 11.8. The predicted molar refractivity (Wildman–Crippen MR) is 96.8 cm³/mol. The second-order valence-electron chi connectivity index (χ2n) is 7.85. The number of nitrogens with zero attached hydrogens (tertiary/aromatic N) is 1. The first-order valence-corrected chi connectivity index (χ1v) is 9.71. The summed E-state index contributed by atoms with van der Waals surface area (Å²) in [6.07, 6.45) is 12.0. The maximum absolute atomic E-state index is 12.4. The molecule has 0 radical (unpaired) electrons. The van der Waals surface area contributed by atoms with Gasteiger partial charge in [-0.05, 0) is 18.6 Å². The highest BCUT2D eigenvalue weighted by molar-refractivity contribution is 6.62. The number of hydrogen-bond donors (Lipinski definition) is 0. The van der Waals surface area contributed by atoms with Crippen molar-refractivity contribution in [3.8, 4) is 0 Å². The van der Waals surface area contributed by atoms with E-state index in [1.54, 1.807) is 12.1 Å². The summed E-state index contributed by atoms with van der Waals surface area (Å²) >= 11 is 0. The molecule has 2 amide bonds. The third kappa shape index (κ3) is 2.80. The molecular weight excluding hydrogens is 297 g/mol. The summed E-state index contributed by atoms with van der Waals surface area (Å²) in [7, 11) is 0. The van der Waals surface area contributed by atoms with Crippen LogP contribution in [0.5, 0.6) is 0 Å². The third-order valence-electron chi connectivity index (χ3n) is 6.56. The lowest BCUT2D eigenvalue weighted by atomic mass is 9.26. The number of carbonyl (C=O) groups excluding carboxylic acids is 2. The van der Waals surface area contributed by atoms with Crippen molar-refractivity contribution in [3.05, 3.63) is 35.4 Å². The fourth-order valence-corrected chi connectivity index (χ4v) is 5.38. The summed E-state index contributed by atoms with van der Waals surface area (Å²) in [6.45, 7) is 1.49. The van der Waals surface area contributed by atoms with Crippen molar-refractivity contribution in [3.63, 3.8) is 0 Å². The molecule has 3 aliphatic heterocycles. The summed E-state index contributed by atoms with van der Waals surface area (Å²) in [5.74, 6) is 1.70. The van der Waals surface area contributed by atoms with E-state index < -0.39 is 0 Å². The van der Waals surface area contributed by atoms with E-state index in [4.69, 9.17) is 0 Å². The van der Waals surface area contributed by atoms with Crippen LogP contribution >= 0.6 is 0 Å². The van der Waals surface area contributed by atoms with E-state index in [9.17, 15) is 9.59 Å². The molecule has 0 aliphatic carbocycles. The van der Waals surface area contributed by atoms with Gasteiger partial charge in [0, 0.05) is 6.54 Å². The van der Waals surface area contributed by atoms with Gasteiger partial charge in [-0.1, -0.05) is 75.0 Å². The fraction of sp³-hybridized carbons (Fsp3) is 0.600. The van der Waals surface area contributed by atoms with Gasteiger partial charge in [0.25, 0.3) is 11.8 Å². The molecule has 0 N–H and O–H groups in total. The van der Waals surface area contributed by atoms with Gasteiger partial charge in [-0.25, -0.2) is 0 Å². The Balaban J connectivity index is 1.29. The minimum Gasteiger partial charge on any atom is -0.274 e. The Labute approximate surface area is 144 Å². The van der Waals surface area contributed by atoms with Crippen molar-refractivity contribution in [2.24, 2.45) is 0 Å². The molecule has 3 heterocycles. The van der Waals surface area contributed by atoms with Crippen LogP contribution in [0.4, 0.5) is 0 Å². The fourth-order valence-electron chi connectivity index (χ4n) is 5.38. The molecule has 126 valence electrons. The number of carbonyl (C=O) groups is 2. The highest BCUT2D eigenvalue weighted by atomic mass is 16.2. The van der Waals surface area contributed by atoms with Crippen molar-refractivity contribution in [1.82, 2.24) is 4.90 Å². The van der Waals surface area contributed by atoms with Crippen LogP contribution in [0.2, 0.25) is 18.0 Å². The summed E-state index contributed by atoms with van der Waals surface area (Å²) in [5.41, 5.74) is 1.15. The van der Waals surface area contributed by atoms with Gasteiger partial charge in [0.2, 0.25) is 0 Å². The molecule has 4 rings (SSSR count). The third-order valence-corrected chi connectivity index (χ3v) is 6.56. The largest absolute Gasteiger partial charge is 0.274 e. The molecule has 24 heavy (non-hydrogen) atoms. The van der Waals surface area contributed by atoms with Crippen molar-refractivity contribution < 1.29 is 9.59 Å². The molecular formula is C20H26BNO2. The molecule has 2 saturated heterocycles. The van der Waals surface area contributed by atoms with Gasteiger partial charge in [-0.2, -0.15) is 0 Å². The van der Waals surface area contributed by atoms with E-state index in [1.807, 2.05) is 12.1 Å². The van der Waals surface area contributed by atoms with Crippen molar-refractivity contribution in [1.29, 1.82) is 0 Å². The normalized spacial score (nSPS) is 26.0. The lowest BCUT2D eigenvalue weighted by Gasteiger charge is -2.40. The summed E-state index contributed by atoms with van der Waals surface area (Å²) in [6, 6.07) is 7.18.